The summed E-state index contributed by atoms with van der Waals surface area (Å²) in [6, 6.07) is 0. The van der Waals surface area contributed by atoms with E-state index in [9.17, 15) is 17.8 Å². The smallest absolute Gasteiger partial charge is 0.308 e. The Morgan fingerprint density at radius 2 is 1.93 bits per heavy atom. The molecular weight excluding hydrogens is 220 g/mol. The molecule has 0 saturated heterocycles. The molecule has 0 aromatic carbocycles. The number of esters is 1. The van der Waals surface area contributed by atoms with Gasteiger partial charge in [-0.1, -0.05) is 12.8 Å². The van der Waals surface area contributed by atoms with Gasteiger partial charge in [-0.05, 0) is 19.3 Å². The molecule has 0 radical (unpaired) electrons. The molecular formula is C9H15O5S-. The molecule has 0 spiro atoms. The first kappa shape index (κ1) is 12.4. The van der Waals surface area contributed by atoms with E-state index >= 15 is 0 Å². The van der Waals surface area contributed by atoms with Crippen molar-refractivity contribution in [3.63, 3.8) is 0 Å². The Morgan fingerprint density at radius 3 is 2.47 bits per heavy atom. The monoisotopic (exact) mass is 235 g/mol. The third-order valence-electron chi connectivity index (χ3n) is 2.47. The molecule has 0 N–H and O–H groups in total. The van der Waals surface area contributed by atoms with Crippen molar-refractivity contribution < 1.29 is 22.5 Å². The largest absolute Gasteiger partial charge is 0.748 e. The zero-order chi connectivity index (χ0) is 11.3. The standard InChI is InChI=1S/C9H16O5S/c10-9(8-4-1-2-5-8)14-6-3-7-15(11,12)13/h8H,1-7H2,(H,11,12,13)/p-1. The summed E-state index contributed by atoms with van der Waals surface area (Å²) in [4.78, 5) is 11.3. The Hall–Kier alpha value is -0.620. The Kier molecular flexibility index (Phi) is 4.53. The van der Waals surface area contributed by atoms with Gasteiger partial charge in [0.1, 0.15) is 0 Å². The first-order valence-electron chi connectivity index (χ1n) is 5.09. The van der Waals surface area contributed by atoms with Gasteiger partial charge in [0.15, 0.2) is 0 Å². The normalized spacial score (nSPS) is 17.9. The zero-order valence-corrected chi connectivity index (χ0v) is 9.29. The first-order valence-corrected chi connectivity index (χ1v) is 6.67. The van der Waals surface area contributed by atoms with E-state index in [1.54, 1.807) is 0 Å². The lowest BCUT2D eigenvalue weighted by Gasteiger charge is -2.10. The number of rotatable bonds is 5. The average Bonchev–Trinajstić information content (AvgIpc) is 2.63. The average molecular weight is 235 g/mol. The molecule has 5 nitrogen and oxygen atoms in total. The predicted molar refractivity (Wildman–Crippen MR) is 52.1 cm³/mol. The van der Waals surface area contributed by atoms with Crippen molar-refractivity contribution in [3.8, 4) is 0 Å². The van der Waals surface area contributed by atoms with Crippen LogP contribution in [0.4, 0.5) is 0 Å². The van der Waals surface area contributed by atoms with Gasteiger partial charge >= 0.3 is 5.97 Å². The summed E-state index contributed by atoms with van der Waals surface area (Å²) < 4.78 is 35.6. The summed E-state index contributed by atoms with van der Waals surface area (Å²) in [7, 11) is -4.18. The molecule has 0 aromatic heterocycles. The van der Waals surface area contributed by atoms with Gasteiger partial charge in [0.2, 0.25) is 0 Å². The molecule has 6 heteroatoms. The molecule has 0 amide bonds. The van der Waals surface area contributed by atoms with Crippen LogP contribution in [-0.2, 0) is 19.6 Å². The minimum Gasteiger partial charge on any atom is -0.748 e. The fourth-order valence-electron chi connectivity index (χ4n) is 1.69. The number of carbonyl (C=O) groups is 1. The van der Waals surface area contributed by atoms with Crippen LogP contribution in [0.3, 0.4) is 0 Å². The van der Waals surface area contributed by atoms with Gasteiger partial charge in [-0.3, -0.25) is 4.79 Å². The third-order valence-corrected chi connectivity index (χ3v) is 3.26. The number of ether oxygens (including phenoxy) is 1. The molecule has 1 saturated carbocycles. The Balaban J connectivity index is 2.12. The van der Waals surface area contributed by atoms with E-state index in [4.69, 9.17) is 4.74 Å². The van der Waals surface area contributed by atoms with Crippen LogP contribution in [0.25, 0.3) is 0 Å². The number of hydrogen-bond donors (Lipinski definition) is 0. The molecule has 0 aliphatic heterocycles. The number of hydrogen-bond acceptors (Lipinski definition) is 5. The van der Waals surface area contributed by atoms with Gasteiger partial charge in [0.05, 0.1) is 22.6 Å². The van der Waals surface area contributed by atoms with Gasteiger partial charge < -0.3 is 9.29 Å². The lowest BCUT2D eigenvalue weighted by Crippen LogP contribution is -2.16. The second-order valence-corrected chi connectivity index (χ2v) is 5.29. The van der Waals surface area contributed by atoms with E-state index in [1.807, 2.05) is 0 Å². The molecule has 0 aromatic rings. The molecule has 0 heterocycles. The van der Waals surface area contributed by atoms with E-state index < -0.39 is 15.9 Å². The summed E-state index contributed by atoms with van der Waals surface area (Å²) >= 11 is 0. The van der Waals surface area contributed by atoms with Crippen molar-refractivity contribution in [3.05, 3.63) is 0 Å². The summed E-state index contributed by atoms with van der Waals surface area (Å²) in [5.74, 6) is -0.741. The molecule has 1 fully saturated rings. The highest BCUT2D eigenvalue weighted by Gasteiger charge is 2.23. The van der Waals surface area contributed by atoms with Crippen molar-refractivity contribution in [2.45, 2.75) is 32.1 Å². The van der Waals surface area contributed by atoms with Crippen LogP contribution in [0.5, 0.6) is 0 Å². The third kappa shape index (κ3) is 5.13. The van der Waals surface area contributed by atoms with E-state index in [0.717, 1.165) is 25.7 Å². The maximum atomic E-state index is 11.3. The minimum absolute atomic E-state index is 0.0196. The topological polar surface area (TPSA) is 83.5 Å². The summed E-state index contributed by atoms with van der Waals surface area (Å²) in [6.45, 7) is 0.0246. The van der Waals surface area contributed by atoms with E-state index in [-0.39, 0.29) is 24.9 Å². The van der Waals surface area contributed by atoms with Crippen LogP contribution in [0.15, 0.2) is 0 Å². The van der Waals surface area contributed by atoms with E-state index in [2.05, 4.69) is 0 Å². The lowest BCUT2D eigenvalue weighted by atomic mass is 10.1. The summed E-state index contributed by atoms with van der Waals surface area (Å²) in [5.41, 5.74) is 0. The van der Waals surface area contributed by atoms with Crippen LogP contribution in [0.1, 0.15) is 32.1 Å². The molecule has 0 bridgehead atoms. The van der Waals surface area contributed by atoms with Gasteiger partial charge in [-0.2, -0.15) is 0 Å². The maximum absolute atomic E-state index is 11.3. The fraction of sp³-hybridized carbons (Fsp3) is 0.889. The van der Waals surface area contributed by atoms with Crippen molar-refractivity contribution in [1.29, 1.82) is 0 Å². The maximum Gasteiger partial charge on any atom is 0.308 e. The fourth-order valence-corrected chi connectivity index (χ4v) is 2.16. The highest BCUT2D eigenvalue weighted by Crippen LogP contribution is 2.25. The molecule has 1 aliphatic carbocycles. The van der Waals surface area contributed by atoms with Crippen LogP contribution in [0, 0.1) is 5.92 Å². The Bertz CT molecular complexity index is 302. The Labute approximate surface area is 89.6 Å². The molecule has 1 rings (SSSR count). The first-order chi connectivity index (χ1) is 6.99. The molecule has 15 heavy (non-hydrogen) atoms. The molecule has 0 unspecified atom stereocenters. The highest BCUT2D eigenvalue weighted by molar-refractivity contribution is 7.85. The quantitative estimate of drug-likeness (QED) is 0.397. The van der Waals surface area contributed by atoms with Crippen LogP contribution >= 0.6 is 0 Å². The number of carbonyl (C=O) groups excluding carboxylic acids is 1. The second kappa shape index (κ2) is 5.46. The lowest BCUT2D eigenvalue weighted by molar-refractivity contribution is -0.148. The van der Waals surface area contributed by atoms with Crippen molar-refractivity contribution in [2.75, 3.05) is 12.4 Å². The summed E-state index contributed by atoms with van der Waals surface area (Å²) in [6.07, 6.45) is 3.91. The SMILES string of the molecule is O=C(OCCCS(=O)(=O)[O-])C1CCCC1. The highest BCUT2D eigenvalue weighted by atomic mass is 32.2. The summed E-state index contributed by atoms with van der Waals surface area (Å²) in [5, 5.41) is 0. The predicted octanol–water partition coefficient (Wildman–Crippen LogP) is 0.655. The van der Waals surface area contributed by atoms with Crippen LogP contribution < -0.4 is 0 Å². The van der Waals surface area contributed by atoms with Crippen molar-refractivity contribution in [2.24, 2.45) is 5.92 Å². The molecule has 88 valence electrons. The van der Waals surface area contributed by atoms with Gasteiger partial charge in [0, 0.05) is 5.75 Å². The van der Waals surface area contributed by atoms with Gasteiger partial charge in [0.25, 0.3) is 0 Å². The molecule has 0 atom stereocenters. The van der Waals surface area contributed by atoms with E-state index in [0.29, 0.717) is 0 Å². The van der Waals surface area contributed by atoms with Gasteiger partial charge in [-0.25, -0.2) is 8.42 Å². The minimum atomic E-state index is -4.18. The van der Waals surface area contributed by atoms with Crippen LogP contribution in [0.2, 0.25) is 0 Å². The Morgan fingerprint density at radius 1 is 1.33 bits per heavy atom. The van der Waals surface area contributed by atoms with Crippen LogP contribution in [-0.4, -0.2) is 31.3 Å². The van der Waals surface area contributed by atoms with E-state index in [1.165, 1.54) is 0 Å². The zero-order valence-electron chi connectivity index (χ0n) is 8.48. The van der Waals surface area contributed by atoms with Crippen molar-refractivity contribution in [1.82, 2.24) is 0 Å². The van der Waals surface area contributed by atoms with Crippen molar-refractivity contribution >= 4 is 16.1 Å². The second-order valence-electron chi connectivity index (χ2n) is 3.76. The molecule has 1 aliphatic rings. The van der Waals surface area contributed by atoms with Gasteiger partial charge in [-0.15, -0.1) is 0 Å².